The summed E-state index contributed by atoms with van der Waals surface area (Å²) in [6.07, 6.45) is 6.09. The summed E-state index contributed by atoms with van der Waals surface area (Å²) in [5, 5.41) is 3.26. The number of nitrogens with one attached hydrogen (secondary N) is 1. The fourth-order valence-electron chi connectivity index (χ4n) is 5.74. The zero-order valence-electron chi connectivity index (χ0n) is 15.7. The molecule has 4 aliphatic rings. The summed E-state index contributed by atoms with van der Waals surface area (Å²) in [6, 6.07) is 8.70. The van der Waals surface area contributed by atoms with Crippen molar-refractivity contribution in [2.45, 2.75) is 57.3 Å². The van der Waals surface area contributed by atoms with Crippen molar-refractivity contribution >= 4 is 5.91 Å². The summed E-state index contributed by atoms with van der Waals surface area (Å²) >= 11 is 0. The Hall–Kier alpha value is -1.39. The van der Waals surface area contributed by atoms with Crippen LogP contribution in [-0.4, -0.2) is 42.1 Å². The van der Waals surface area contributed by atoms with Gasteiger partial charge in [0.05, 0.1) is 11.7 Å². The van der Waals surface area contributed by atoms with Gasteiger partial charge in [0.2, 0.25) is 5.91 Å². The van der Waals surface area contributed by atoms with E-state index in [2.05, 4.69) is 41.4 Å². The van der Waals surface area contributed by atoms with Crippen LogP contribution in [0.1, 0.15) is 43.2 Å². The number of benzene rings is 1. The molecule has 4 atom stereocenters. The molecule has 1 aromatic rings. The Morgan fingerprint density at radius 2 is 2.15 bits per heavy atom. The van der Waals surface area contributed by atoms with Gasteiger partial charge in [-0.15, -0.1) is 0 Å². The number of carbonyl (C=O) groups excluding carboxylic acids is 1. The molecule has 1 aliphatic carbocycles. The number of rotatable bonds is 5. The lowest BCUT2D eigenvalue weighted by Crippen LogP contribution is -2.44. The van der Waals surface area contributed by atoms with E-state index in [0.717, 1.165) is 39.0 Å². The van der Waals surface area contributed by atoms with E-state index in [1.807, 2.05) is 0 Å². The maximum absolute atomic E-state index is 12.3. The number of fused-ring (bicyclic) bond motifs is 1. The first-order valence-electron chi connectivity index (χ1n) is 10.4. The monoisotopic (exact) mass is 354 g/mol. The van der Waals surface area contributed by atoms with Crippen molar-refractivity contribution < 1.29 is 9.53 Å². The average Bonchev–Trinajstić information content (AvgIpc) is 3.21. The lowest BCUT2D eigenvalue weighted by atomic mass is 9.73. The normalized spacial score (nSPS) is 36.1. The van der Waals surface area contributed by atoms with E-state index in [9.17, 15) is 4.79 Å². The number of amides is 1. The fourth-order valence-corrected chi connectivity index (χ4v) is 5.74. The lowest BCUT2D eigenvalue weighted by molar-refractivity contribution is -0.127. The zero-order chi connectivity index (χ0) is 17.7. The minimum absolute atomic E-state index is 0.0548. The number of hydrogen-bond acceptors (Lipinski definition) is 3. The van der Waals surface area contributed by atoms with Gasteiger partial charge in [-0.05, 0) is 43.7 Å². The second kappa shape index (κ2) is 6.35. The highest BCUT2D eigenvalue weighted by molar-refractivity contribution is 5.79. The molecule has 5 rings (SSSR count). The fraction of sp³-hybridized carbons (Fsp3) is 0.682. The Bertz CT molecular complexity index is 701. The smallest absolute Gasteiger partial charge is 0.223 e. The molecule has 4 fully saturated rings. The molecular formula is C22H30N2O2. The van der Waals surface area contributed by atoms with E-state index >= 15 is 0 Å². The summed E-state index contributed by atoms with van der Waals surface area (Å²) in [6.45, 7) is 6.18. The molecule has 26 heavy (non-hydrogen) atoms. The molecule has 1 N–H and O–H groups in total. The Kier molecular flexibility index (Phi) is 4.09. The van der Waals surface area contributed by atoms with Gasteiger partial charge in [-0.2, -0.15) is 0 Å². The maximum atomic E-state index is 12.3. The number of ether oxygens (including phenoxy) is 1. The van der Waals surface area contributed by atoms with Gasteiger partial charge in [0.15, 0.2) is 0 Å². The lowest BCUT2D eigenvalue weighted by Gasteiger charge is -2.31. The van der Waals surface area contributed by atoms with Crippen molar-refractivity contribution in [1.29, 1.82) is 0 Å². The van der Waals surface area contributed by atoms with E-state index in [1.165, 1.54) is 30.4 Å². The highest BCUT2D eigenvalue weighted by Gasteiger charge is 2.62. The van der Waals surface area contributed by atoms with Crippen molar-refractivity contribution in [3.63, 3.8) is 0 Å². The van der Waals surface area contributed by atoms with Crippen LogP contribution in [0.15, 0.2) is 24.3 Å². The van der Waals surface area contributed by atoms with E-state index in [1.54, 1.807) is 0 Å². The van der Waals surface area contributed by atoms with Gasteiger partial charge in [-0.25, -0.2) is 0 Å². The van der Waals surface area contributed by atoms with Crippen LogP contribution in [0.4, 0.5) is 0 Å². The highest BCUT2D eigenvalue weighted by atomic mass is 16.5. The van der Waals surface area contributed by atoms with E-state index in [4.69, 9.17) is 4.74 Å². The predicted octanol–water partition coefficient (Wildman–Crippen LogP) is 2.89. The molecule has 0 radical (unpaired) electrons. The number of nitrogens with zero attached hydrogens (tertiary/aromatic N) is 1. The van der Waals surface area contributed by atoms with Crippen LogP contribution < -0.4 is 5.32 Å². The molecular weight excluding hydrogens is 324 g/mol. The van der Waals surface area contributed by atoms with E-state index in [0.29, 0.717) is 17.9 Å². The topological polar surface area (TPSA) is 41.6 Å². The molecule has 3 saturated heterocycles. The first kappa shape index (κ1) is 16.8. The molecule has 2 bridgehead atoms. The number of likely N-dealkylation sites (tertiary alicyclic amines) is 1. The van der Waals surface area contributed by atoms with Crippen molar-refractivity contribution in [3.05, 3.63) is 35.4 Å². The molecule has 3 heterocycles. The molecule has 1 spiro atoms. The highest BCUT2D eigenvalue weighted by Crippen LogP contribution is 2.54. The summed E-state index contributed by atoms with van der Waals surface area (Å²) in [4.78, 5) is 14.8. The molecule has 4 nitrogen and oxygen atoms in total. The number of aryl methyl sites for hydroxylation is 1. The van der Waals surface area contributed by atoms with Gasteiger partial charge >= 0.3 is 0 Å². The largest absolute Gasteiger partial charge is 0.370 e. The third-order valence-electron chi connectivity index (χ3n) is 7.50. The van der Waals surface area contributed by atoms with Gasteiger partial charge < -0.3 is 10.1 Å². The zero-order valence-corrected chi connectivity index (χ0v) is 15.7. The summed E-state index contributed by atoms with van der Waals surface area (Å²) < 4.78 is 6.53. The summed E-state index contributed by atoms with van der Waals surface area (Å²) in [5.74, 6) is 1.63. The maximum Gasteiger partial charge on any atom is 0.223 e. The standard InChI is InChI=1S/C22H30N2O2/c1-15-5-2-3-6-17(15)12-24-13-19-18(11-23-21(25)16-7-4-8-16)20-9-10-22(19,14-24)26-20/h2-3,5-6,16,18-20H,4,7-14H2,1H3,(H,23,25)/t18-,19+,20+,22+/m0/s1. The van der Waals surface area contributed by atoms with Crippen LogP contribution in [0.3, 0.4) is 0 Å². The number of carbonyl (C=O) groups is 1. The molecule has 0 unspecified atom stereocenters. The predicted molar refractivity (Wildman–Crippen MR) is 101 cm³/mol. The molecule has 1 aromatic carbocycles. The minimum Gasteiger partial charge on any atom is -0.370 e. The van der Waals surface area contributed by atoms with Crippen LogP contribution in [-0.2, 0) is 16.1 Å². The molecule has 140 valence electrons. The van der Waals surface area contributed by atoms with Crippen LogP contribution in [0.25, 0.3) is 0 Å². The SMILES string of the molecule is Cc1ccccc1CN1C[C@@H]2[C@H](CNC(=O)C3CCC3)[C@H]3CC[C@]2(C1)O3. The van der Waals surface area contributed by atoms with Gasteiger partial charge in [0.25, 0.3) is 0 Å². The first-order valence-corrected chi connectivity index (χ1v) is 10.4. The van der Waals surface area contributed by atoms with E-state index < -0.39 is 0 Å². The molecule has 4 heteroatoms. The van der Waals surface area contributed by atoms with Crippen molar-refractivity contribution in [2.75, 3.05) is 19.6 Å². The van der Waals surface area contributed by atoms with Crippen molar-refractivity contribution in [3.8, 4) is 0 Å². The third-order valence-corrected chi connectivity index (χ3v) is 7.50. The number of hydrogen-bond donors (Lipinski definition) is 1. The quantitative estimate of drug-likeness (QED) is 0.884. The third kappa shape index (κ3) is 2.69. The van der Waals surface area contributed by atoms with Crippen molar-refractivity contribution in [1.82, 2.24) is 10.2 Å². The first-order chi connectivity index (χ1) is 12.6. The van der Waals surface area contributed by atoms with Crippen LogP contribution in [0.5, 0.6) is 0 Å². The Balaban J connectivity index is 1.25. The summed E-state index contributed by atoms with van der Waals surface area (Å²) in [7, 11) is 0. The van der Waals surface area contributed by atoms with Gasteiger partial charge in [0.1, 0.15) is 0 Å². The van der Waals surface area contributed by atoms with Crippen LogP contribution in [0.2, 0.25) is 0 Å². The molecule has 1 saturated carbocycles. The Morgan fingerprint density at radius 1 is 1.31 bits per heavy atom. The Labute approximate surface area is 156 Å². The minimum atomic E-state index is 0.0548. The summed E-state index contributed by atoms with van der Waals surface area (Å²) in [5.41, 5.74) is 2.85. The molecule has 3 aliphatic heterocycles. The van der Waals surface area contributed by atoms with Gasteiger partial charge in [-0.3, -0.25) is 9.69 Å². The molecule has 0 aromatic heterocycles. The Morgan fingerprint density at radius 3 is 2.92 bits per heavy atom. The molecule has 1 amide bonds. The average molecular weight is 354 g/mol. The second-order valence-corrected chi connectivity index (χ2v) is 9.00. The van der Waals surface area contributed by atoms with Crippen LogP contribution in [0, 0.1) is 24.7 Å². The second-order valence-electron chi connectivity index (χ2n) is 9.00. The van der Waals surface area contributed by atoms with Gasteiger partial charge in [0, 0.05) is 43.9 Å². The van der Waals surface area contributed by atoms with Crippen molar-refractivity contribution in [2.24, 2.45) is 17.8 Å². The van der Waals surface area contributed by atoms with E-state index in [-0.39, 0.29) is 17.4 Å². The van der Waals surface area contributed by atoms with Gasteiger partial charge in [-0.1, -0.05) is 30.7 Å². The van der Waals surface area contributed by atoms with Crippen LogP contribution >= 0.6 is 0 Å².